The molecule has 0 saturated carbocycles. The fourth-order valence-electron chi connectivity index (χ4n) is 1.53. The van der Waals surface area contributed by atoms with Crippen LogP contribution in [0.3, 0.4) is 0 Å². The second-order valence-electron chi connectivity index (χ2n) is 4.13. The van der Waals surface area contributed by atoms with E-state index >= 15 is 0 Å². The molecular formula is C14H20ClNO2. The van der Waals surface area contributed by atoms with Crippen molar-refractivity contribution in [3.63, 3.8) is 0 Å². The molecule has 1 aromatic carbocycles. The fourth-order valence-corrected chi connectivity index (χ4v) is 1.53. The van der Waals surface area contributed by atoms with Gasteiger partial charge >= 0.3 is 0 Å². The van der Waals surface area contributed by atoms with Crippen LogP contribution in [0.15, 0.2) is 36.4 Å². The van der Waals surface area contributed by atoms with Gasteiger partial charge in [-0.2, -0.15) is 0 Å². The van der Waals surface area contributed by atoms with E-state index < -0.39 is 0 Å². The van der Waals surface area contributed by atoms with Gasteiger partial charge in [0.15, 0.2) is 5.78 Å². The van der Waals surface area contributed by atoms with E-state index in [0.29, 0.717) is 24.3 Å². The van der Waals surface area contributed by atoms with Crippen LogP contribution in [0.5, 0.6) is 5.75 Å². The third-order valence-electron chi connectivity index (χ3n) is 2.26. The Hall–Kier alpha value is -1.32. The third-order valence-corrected chi connectivity index (χ3v) is 2.26. The topological polar surface area (TPSA) is 29.5 Å². The van der Waals surface area contributed by atoms with E-state index in [2.05, 4.69) is 6.58 Å². The molecule has 0 aliphatic rings. The van der Waals surface area contributed by atoms with Crippen LogP contribution in [0.2, 0.25) is 0 Å². The molecule has 3 nitrogen and oxygen atoms in total. The van der Waals surface area contributed by atoms with Gasteiger partial charge < -0.3 is 9.64 Å². The number of benzene rings is 1. The number of hydrogen-bond acceptors (Lipinski definition) is 3. The van der Waals surface area contributed by atoms with Crippen LogP contribution in [0.4, 0.5) is 0 Å². The standard InChI is InChI=1S/C14H19NO2.ClH/c1-5-17-13-8-6-12(7-9-13)14(16)11(2)10-15(3)4;/h6-9H,2,5,10H2,1,3-4H3;1H. The van der Waals surface area contributed by atoms with Crippen molar-refractivity contribution in [2.45, 2.75) is 6.92 Å². The SMILES string of the molecule is C=C(CN(C)C)C(=O)c1ccc(OCC)cc1.Cl. The van der Waals surface area contributed by atoms with Crippen LogP contribution >= 0.6 is 12.4 Å². The zero-order valence-electron chi connectivity index (χ0n) is 11.1. The summed E-state index contributed by atoms with van der Waals surface area (Å²) in [7, 11) is 3.83. The normalized spacial score (nSPS) is 9.78. The van der Waals surface area contributed by atoms with Crippen molar-refractivity contribution in [2.24, 2.45) is 0 Å². The lowest BCUT2D eigenvalue weighted by atomic mass is 10.0. The first-order valence-corrected chi connectivity index (χ1v) is 5.64. The molecule has 0 atom stereocenters. The Labute approximate surface area is 115 Å². The summed E-state index contributed by atoms with van der Waals surface area (Å²) in [6, 6.07) is 7.15. The monoisotopic (exact) mass is 269 g/mol. The molecule has 0 spiro atoms. The summed E-state index contributed by atoms with van der Waals surface area (Å²) >= 11 is 0. The minimum Gasteiger partial charge on any atom is -0.494 e. The van der Waals surface area contributed by atoms with E-state index in [1.807, 2.05) is 25.9 Å². The van der Waals surface area contributed by atoms with Crippen molar-refractivity contribution in [1.82, 2.24) is 4.90 Å². The van der Waals surface area contributed by atoms with Crippen LogP contribution in [0, 0.1) is 0 Å². The number of ether oxygens (including phenoxy) is 1. The lowest BCUT2D eigenvalue weighted by Crippen LogP contribution is -2.19. The second kappa shape index (κ2) is 7.90. The number of hydrogen-bond donors (Lipinski definition) is 0. The molecule has 0 saturated heterocycles. The minimum absolute atomic E-state index is 0. The van der Waals surface area contributed by atoms with Crippen molar-refractivity contribution in [3.05, 3.63) is 42.0 Å². The maximum Gasteiger partial charge on any atom is 0.189 e. The summed E-state index contributed by atoms with van der Waals surface area (Å²) in [5.74, 6) is 0.768. The molecule has 0 heterocycles. The van der Waals surface area contributed by atoms with Crippen LogP contribution in [0.25, 0.3) is 0 Å². The lowest BCUT2D eigenvalue weighted by Gasteiger charge is -2.11. The Bertz CT molecular complexity index is 399. The van der Waals surface area contributed by atoms with Crippen molar-refractivity contribution in [1.29, 1.82) is 0 Å². The van der Waals surface area contributed by atoms with Gasteiger partial charge in [0.05, 0.1) is 6.61 Å². The zero-order chi connectivity index (χ0) is 12.8. The van der Waals surface area contributed by atoms with E-state index in [0.717, 1.165) is 5.75 Å². The lowest BCUT2D eigenvalue weighted by molar-refractivity contribution is 0.102. The maximum absolute atomic E-state index is 12.0. The first-order chi connectivity index (χ1) is 8.04. The molecule has 100 valence electrons. The average molecular weight is 270 g/mol. The number of rotatable bonds is 6. The molecule has 4 heteroatoms. The van der Waals surface area contributed by atoms with Gasteiger partial charge in [0.1, 0.15) is 5.75 Å². The number of Topliss-reactive ketones (excluding diaryl/α,β-unsaturated/α-hetero) is 1. The minimum atomic E-state index is -0.0123. The quantitative estimate of drug-likeness (QED) is 0.588. The Morgan fingerprint density at radius 2 is 1.83 bits per heavy atom. The van der Waals surface area contributed by atoms with Gasteiger partial charge in [-0.05, 0) is 45.3 Å². The Morgan fingerprint density at radius 1 is 1.28 bits per heavy atom. The first kappa shape index (κ1) is 16.7. The number of likely N-dealkylation sites (N-methyl/N-ethyl adjacent to an activating group) is 1. The molecular weight excluding hydrogens is 250 g/mol. The molecule has 0 aliphatic heterocycles. The van der Waals surface area contributed by atoms with Gasteiger partial charge in [-0.15, -0.1) is 12.4 Å². The van der Waals surface area contributed by atoms with Crippen molar-refractivity contribution >= 4 is 18.2 Å². The van der Waals surface area contributed by atoms with E-state index in [1.54, 1.807) is 24.3 Å². The first-order valence-electron chi connectivity index (χ1n) is 5.64. The summed E-state index contributed by atoms with van der Waals surface area (Å²) in [6.07, 6.45) is 0. The molecule has 0 unspecified atom stereocenters. The maximum atomic E-state index is 12.0. The van der Waals surface area contributed by atoms with Crippen molar-refractivity contribution in [2.75, 3.05) is 27.2 Å². The summed E-state index contributed by atoms with van der Waals surface area (Å²) in [5.41, 5.74) is 1.25. The van der Waals surface area contributed by atoms with Crippen molar-refractivity contribution < 1.29 is 9.53 Å². The number of ketones is 1. The zero-order valence-corrected chi connectivity index (χ0v) is 11.9. The number of halogens is 1. The Balaban J connectivity index is 0.00000289. The van der Waals surface area contributed by atoms with E-state index in [-0.39, 0.29) is 18.2 Å². The second-order valence-corrected chi connectivity index (χ2v) is 4.13. The van der Waals surface area contributed by atoms with Gasteiger partial charge in [-0.3, -0.25) is 4.79 Å². The smallest absolute Gasteiger partial charge is 0.189 e. The highest BCUT2D eigenvalue weighted by Gasteiger charge is 2.10. The third kappa shape index (κ3) is 4.90. The molecule has 1 rings (SSSR count). The molecule has 1 aromatic rings. The van der Waals surface area contributed by atoms with Gasteiger partial charge in [0.25, 0.3) is 0 Å². The molecule has 0 amide bonds. The molecule has 0 radical (unpaired) electrons. The van der Waals surface area contributed by atoms with E-state index in [9.17, 15) is 4.79 Å². The van der Waals surface area contributed by atoms with E-state index in [1.165, 1.54) is 0 Å². The molecule has 0 fully saturated rings. The highest BCUT2D eigenvalue weighted by molar-refractivity contribution is 6.08. The van der Waals surface area contributed by atoms with Crippen LogP contribution < -0.4 is 4.74 Å². The van der Waals surface area contributed by atoms with Crippen LogP contribution in [-0.4, -0.2) is 37.9 Å². The Kier molecular flexibility index (Phi) is 7.32. The Morgan fingerprint density at radius 3 is 2.28 bits per heavy atom. The highest BCUT2D eigenvalue weighted by Crippen LogP contribution is 2.14. The average Bonchev–Trinajstić information content (AvgIpc) is 2.28. The highest BCUT2D eigenvalue weighted by atomic mass is 35.5. The van der Waals surface area contributed by atoms with Gasteiger partial charge in [0, 0.05) is 17.7 Å². The summed E-state index contributed by atoms with van der Waals surface area (Å²) < 4.78 is 5.32. The van der Waals surface area contributed by atoms with Gasteiger partial charge in [0.2, 0.25) is 0 Å². The van der Waals surface area contributed by atoms with Crippen molar-refractivity contribution in [3.8, 4) is 5.75 Å². The predicted octanol–water partition coefficient (Wildman–Crippen LogP) is 2.81. The summed E-state index contributed by atoms with van der Waals surface area (Å²) in [6.45, 7) is 6.94. The molecule has 18 heavy (non-hydrogen) atoms. The molecule has 0 N–H and O–H groups in total. The molecule has 0 aromatic heterocycles. The van der Waals surface area contributed by atoms with Gasteiger partial charge in [-0.1, -0.05) is 6.58 Å². The van der Waals surface area contributed by atoms with Gasteiger partial charge in [-0.25, -0.2) is 0 Å². The van der Waals surface area contributed by atoms with E-state index in [4.69, 9.17) is 4.74 Å². The number of nitrogens with zero attached hydrogens (tertiary/aromatic N) is 1. The van der Waals surface area contributed by atoms with Crippen LogP contribution in [0.1, 0.15) is 17.3 Å². The molecule has 0 aliphatic carbocycles. The predicted molar refractivity (Wildman–Crippen MR) is 76.9 cm³/mol. The summed E-state index contributed by atoms with van der Waals surface area (Å²) in [5, 5.41) is 0. The number of carbonyl (C=O) groups excluding carboxylic acids is 1. The van der Waals surface area contributed by atoms with Crippen LogP contribution in [-0.2, 0) is 0 Å². The number of carbonyl (C=O) groups is 1. The molecule has 0 bridgehead atoms. The summed E-state index contributed by atoms with van der Waals surface area (Å²) in [4.78, 5) is 13.9. The fraction of sp³-hybridized carbons (Fsp3) is 0.357. The largest absolute Gasteiger partial charge is 0.494 e.